The van der Waals surface area contributed by atoms with Crippen LogP contribution in [0.2, 0.25) is 0 Å². The quantitative estimate of drug-likeness (QED) is 0.554. The van der Waals surface area contributed by atoms with Crippen molar-refractivity contribution in [3.8, 4) is 11.1 Å². The van der Waals surface area contributed by atoms with E-state index in [1.165, 1.54) is 0 Å². The van der Waals surface area contributed by atoms with Gasteiger partial charge in [-0.1, -0.05) is 24.3 Å². The summed E-state index contributed by atoms with van der Waals surface area (Å²) in [5.74, 6) is -0.312. The van der Waals surface area contributed by atoms with E-state index in [9.17, 15) is 9.90 Å². The van der Waals surface area contributed by atoms with Crippen molar-refractivity contribution >= 4 is 38.9 Å². The lowest BCUT2D eigenvalue weighted by Gasteiger charge is -2.26. The number of nitrogens with two attached hydrogens (primary N) is 1. The van der Waals surface area contributed by atoms with Crippen LogP contribution in [0.1, 0.15) is 49.4 Å². The number of halogens is 1. The van der Waals surface area contributed by atoms with E-state index < -0.39 is 5.97 Å². The standard InChI is InChI=1S/C23H22BrN5O2/c24-19-20(14-5-7-15(8-6-14)23(30)31)28-22-17(12-27-29(22)21(19)25)16-9-10-18(26-11-16)13-3-1-2-4-13/h1,3-4,9-12,14-15H,2,5-8,25H2,(H,30,31)/t14-,15+. The highest BCUT2D eigenvalue weighted by molar-refractivity contribution is 9.10. The number of aliphatic carboxylic acids is 1. The van der Waals surface area contributed by atoms with Crippen molar-refractivity contribution in [1.29, 1.82) is 0 Å². The summed E-state index contributed by atoms with van der Waals surface area (Å²) in [6.07, 6.45) is 13.8. The van der Waals surface area contributed by atoms with Crippen molar-refractivity contribution in [1.82, 2.24) is 19.6 Å². The van der Waals surface area contributed by atoms with Crippen LogP contribution in [-0.2, 0) is 4.79 Å². The van der Waals surface area contributed by atoms with E-state index >= 15 is 0 Å². The molecule has 31 heavy (non-hydrogen) atoms. The summed E-state index contributed by atoms with van der Waals surface area (Å²) >= 11 is 3.60. The van der Waals surface area contributed by atoms with E-state index in [4.69, 9.17) is 10.7 Å². The summed E-state index contributed by atoms with van der Waals surface area (Å²) in [4.78, 5) is 20.9. The molecule has 3 aromatic rings. The van der Waals surface area contributed by atoms with Gasteiger partial charge in [-0.25, -0.2) is 4.98 Å². The molecule has 7 nitrogen and oxygen atoms in total. The van der Waals surface area contributed by atoms with E-state index in [0.717, 1.165) is 51.8 Å². The fourth-order valence-electron chi connectivity index (χ4n) is 4.47. The van der Waals surface area contributed by atoms with Crippen LogP contribution < -0.4 is 5.73 Å². The maximum absolute atomic E-state index is 11.3. The minimum Gasteiger partial charge on any atom is -0.481 e. The number of carboxylic acid groups (broad SMARTS) is 1. The summed E-state index contributed by atoms with van der Waals surface area (Å²) in [5, 5.41) is 13.7. The minimum atomic E-state index is -0.710. The maximum atomic E-state index is 11.3. The van der Waals surface area contributed by atoms with Crippen LogP contribution in [0.25, 0.3) is 22.3 Å². The lowest BCUT2D eigenvalue weighted by atomic mass is 9.80. The predicted octanol–water partition coefficient (Wildman–Crippen LogP) is 4.84. The van der Waals surface area contributed by atoms with Crippen LogP contribution in [0.3, 0.4) is 0 Å². The number of carboxylic acids is 1. The Hall–Kier alpha value is -3.00. The number of nitrogens with zero attached hydrogens (tertiary/aromatic N) is 4. The molecule has 0 atom stereocenters. The third-order valence-electron chi connectivity index (χ3n) is 6.25. The zero-order valence-electron chi connectivity index (χ0n) is 16.8. The molecule has 3 aromatic heterocycles. The molecule has 1 saturated carbocycles. The number of allylic oxidation sites excluding steroid dienone is 4. The lowest BCUT2D eigenvalue weighted by Crippen LogP contribution is -2.21. The zero-order chi connectivity index (χ0) is 21.5. The van der Waals surface area contributed by atoms with Crippen molar-refractivity contribution in [2.75, 3.05) is 5.73 Å². The number of rotatable bonds is 4. The van der Waals surface area contributed by atoms with Gasteiger partial charge in [0.25, 0.3) is 0 Å². The number of pyridine rings is 1. The largest absolute Gasteiger partial charge is 0.481 e. The smallest absolute Gasteiger partial charge is 0.306 e. The number of nitrogen functional groups attached to an aromatic ring is 1. The molecular formula is C23H22BrN5O2. The zero-order valence-corrected chi connectivity index (χ0v) is 18.4. The number of hydrogen-bond acceptors (Lipinski definition) is 5. The van der Waals surface area contributed by atoms with E-state index in [1.54, 1.807) is 10.7 Å². The molecule has 0 amide bonds. The number of fused-ring (bicyclic) bond motifs is 1. The first-order valence-corrected chi connectivity index (χ1v) is 11.2. The highest BCUT2D eigenvalue weighted by Crippen LogP contribution is 2.40. The third kappa shape index (κ3) is 3.54. The van der Waals surface area contributed by atoms with Gasteiger partial charge in [0.15, 0.2) is 5.65 Å². The van der Waals surface area contributed by atoms with Gasteiger partial charge in [-0.3, -0.25) is 9.78 Å². The number of anilines is 1. The molecular weight excluding hydrogens is 458 g/mol. The van der Waals surface area contributed by atoms with Crippen molar-refractivity contribution in [2.45, 2.75) is 38.0 Å². The molecule has 0 aliphatic heterocycles. The molecule has 0 unspecified atom stereocenters. The normalized spacial score (nSPS) is 20.9. The fraction of sp³-hybridized carbons (Fsp3) is 0.304. The molecule has 8 heteroatoms. The van der Waals surface area contributed by atoms with E-state index in [-0.39, 0.29) is 11.8 Å². The van der Waals surface area contributed by atoms with Gasteiger partial charge in [0, 0.05) is 23.2 Å². The number of aromatic nitrogens is 4. The monoisotopic (exact) mass is 479 g/mol. The second-order valence-corrected chi connectivity index (χ2v) is 8.90. The van der Waals surface area contributed by atoms with Gasteiger partial charge in [0.05, 0.1) is 28.0 Å². The Morgan fingerprint density at radius 1 is 1.19 bits per heavy atom. The minimum absolute atomic E-state index is 0.168. The lowest BCUT2D eigenvalue weighted by molar-refractivity contribution is -0.142. The summed E-state index contributed by atoms with van der Waals surface area (Å²) in [7, 11) is 0. The molecule has 0 saturated heterocycles. The van der Waals surface area contributed by atoms with Gasteiger partial charge in [-0.05, 0) is 59.7 Å². The molecule has 0 radical (unpaired) electrons. The molecule has 5 rings (SSSR count). The first kappa shape index (κ1) is 19.9. The molecule has 0 bridgehead atoms. The first-order chi connectivity index (χ1) is 15.0. The van der Waals surface area contributed by atoms with Gasteiger partial charge in [0.1, 0.15) is 5.82 Å². The Balaban J connectivity index is 1.51. The van der Waals surface area contributed by atoms with Crippen LogP contribution >= 0.6 is 15.9 Å². The summed E-state index contributed by atoms with van der Waals surface area (Å²) in [5.41, 5.74) is 11.8. The van der Waals surface area contributed by atoms with E-state index in [2.05, 4.69) is 44.2 Å². The number of hydrogen-bond donors (Lipinski definition) is 2. The van der Waals surface area contributed by atoms with Crippen molar-refractivity contribution < 1.29 is 9.90 Å². The topological polar surface area (TPSA) is 106 Å². The Kier molecular flexibility index (Phi) is 5.09. The van der Waals surface area contributed by atoms with Crippen LogP contribution in [0.15, 0.2) is 47.2 Å². The van der Waals surface area contributed by atoms with Gasteiger partial charge < -0.3 is 10.8 Å². The van der Waals surface area contributed by atoms with Crippen LogP contribution in [-0.4, -0.2) is 30.7 Å². The Morgan fingerprint density at radius 2 is 2.00 bits per heavy atom. The van der Waals surface area contributed by atoms with Gasteiger partial charge in [-0.2, -0.15) is 9.61 Å². The first-order valence-electron chi connectivity index (χ1n) is 10.4. The maximum Gasteiger partial charge on any atom is 0.306 e. The van der Waals surface area contributed by atoms with Gasteiger partial charge >= 0.3 is 5.97 Å². The van der Waals surface area contributed by atoms with Crippen molar-refractivity contribution in [3.63, 3.8) is 0 Å². The fourth-order valence-corrected chi connectivity index (χ4v) is 5.05. The van der Waals surface area contributed by atoms with Crippen LogP contribution in [0.5, 0.6) is 0 Å². The van der Waals surface area contributed by atoms with E-state index in [1.807, 2.05) is 18.3 Å². The molecule has 0 spiro atoms. The average Bonchev–Trinajstić information content (AvgIpc) is 3.47. The van der Waals surface area contributed by atoms with Crippen molar-refractivity contribution in [3.05, 3.63) is 58.6 Å². The predicted molar refractivity (Wildman–Crippen MR) is 122 cm³/mol. The summed E-state index contributed by atoms with van der Waals surface area (Å²) in [6.45, 7) is 0. The average molecular weight is 480 g/mol. The van der Waals surface area contributed by atoms with Gasteiger partial charge in [-0.15, -0.1) is 0 Å². The molecule has 0 aromatic carbocycles. The Labute approximate surface area is 187 Å². The molecule has 3 N–H and O–H groups in total. The molecule has 158 valence electrons. The molecule has 2 aliphatic rings. The number of carbonyl (C=O) groups is 1. The van der Waals surface area contributed by atoms with E-state index in [0.29, 0.717) is 24.3 Å². The van der Waals surface area contributed by atoms with Crippen LogP contribution in [0, 0.1) is 5.92 Å². The molecule has 2 aliphatic carbocycles. The summed E-state index contributed by atoms with van der Waals surface area (Å²) in [6, 6.07) is 4.04. The third-order valence-corrected chi connectivity index (χ3v) is 7.07. The second kappa shape index (κ2) is 7.92. The SMILES string of the molecule is Nc1c(Br)c([C@H]2CC[C@@H](C(=O)O)CC2)nc2c(-c3ccc(C4=CCC=C4)nc3)cnn12. The van der Waals surface area contributed by atoms with Gasteiger partial charge in [0.2, 0.25) is 0 Å². The second-order valence-electron chi connectivity index (χ2n) is 8.11. The molecule has 3 heterocycles. The Bertz CT molecular complexity index is 1220. The highest BCUT2D eigenvalue weighted by atomic mass is 79.9. The molecule has 1 fully saturated rings. The Morgan fingerprint density at radius 3 is 2.65 bits per heavy atom. The summed E-state index contributed by atoms with van der Waals surface area (Å²) < 4.78 is 2.38. The highest BCUT2D eigenvalue weighted by Gasteiger charge is 2.30. The van der Waals surface area contributed by atoms with Crippen LogP contribution in [0.4, 0.5) is 5.82 Å². The van der Waals surface area contributed by atoms with Crippen molar-refractivity contribution in [2.24, 2.45) is 5.92 Å².